The van der Waals surface area contributed by atoms with Gasteiger partial charge in [0.2, 0.25) is 0 Å². The van der Waals surface area contributed by atoms with Crippen molar-refractivity contribution in [3.8, 4) is 0 Å². The summed E-state index contributed by atoms with van der Waals surface area (Å²) in [7, 11) is 0. The fourth-order valence-corrected chi connectivity index (χ4v) is 3.35. The molecular formula is C15H22F3NOS. The lowest BCUT2D eigenvalue weighted by atomic mass is 9.89. The van der Waals surface area contributed by atoms with Crippen molar-refractivity contribution in [2.75, 3.05) is 6.61 Å². The molecule has 3 N–H and O–H groups in total. The van der Waals surface area contributed by atoms with E-state index >= 15 is 0 Å². The summed E-state index contributed by atoms with van der Waals surface area (Å²) in [6, 6.07) is 0. The first-order valence-electron chi connectivity index (χ1n) is 6.91. The van der Waals surface area contributed by atoms with Gasteiger partial charge in [-0.3, -0.25) is 0 Å². The van der Waals surface area contributed by atoms with Gasteiger partial charge in [-0.25, -0.2) is 0 Å². The molecule has 1 aliphatic carbocycles. The molecule has 2 nitrogen and oxygen atoms in total. The van der Waals surface area contributed by atoms with Crippen molar-refractivity contribution in [1.82, 2.24) is 0 Å². The van der Waals surface area contributed by atoms with Gasteiger partial charge in [0, 0.05) is 0 Å². The molecule has 0 saturated carbocycles. The second-order valence-corrected chi connectivity index (χ2v) is 6.43. The molecule has 21 heavy (non-hydrogen) atoms. The SMILES string of the molecule is CC/C(SC(N)C1=CC(C(F)(F)F)=CCC1C)=C(/C)CO. The van der Waals surface area contributed by atoms with Crippen molar-refractivity contribution in [1.29, 1.82) is 0 Å². The topological polar surface area (TPSA) is 46.2 Å². The summed E-state index contributed by atoms with van der Waals surface area (Å²) in [4.78, 5) is 0.932. The van der Waals surface area contributed by atoms with Crippen molar-refractivity contribution < 1.29 is 18.3 Å². The third-order valence-corrected chi connectivity index (χ3v) is 4.99. The molecule has 0 aromatic rings. The van der Waals surface area contributed by atoms with Crippen LogP contribution in [0.25, 0.3) is 0 Å². The van der Waals surface area contributed by atoms with Crippen molar-refractivity contribution in [2.24, 2.45) is 11.7 Å². The fourth-order valence-electron chi connectivity index (χ4n) is 2.18. The highest BCUT2D eigenvalue weighted by atomic mass is 32.2. The lowest BCUT2D eigenvalue weighted by Crippen LogP contribution is -2.26. The average molecular weight is 321 g/mol. The van der Waals surface area contributed by atoms with Gasteiger partial charge in [0.1, 0.15) is 0 Å². The average Bonchev–Trinajstić information content (AvgIpc) is 2.42. The van der Waals surface area contributed by atoms with E-state index in [2.05, 4.69) is 0 Å². The molecule has 120 valence electrons. The van der Waals surface area contributed by atoms with Gasteiger partial charge in [0.25, 0.3) is 0 Å². The van der Waals surface area contributed by atoms with E-state index in [1.807, 2.05) is 13.8 Å². The maximum atomic E-state index is 12.8. The number of rotatable bonds is 5. The van der Waals surface area contributed by atoms with Gasteiger partial charge in [-0.05, 0) is 47.8 Å². The van der Waals surface area contributed by atoms with Crippen LogP contribution in [-0.2, 0) is 0 Å². The Morgan fingerprint density at radius 3 is 2.62 bits per heavy atom. The fraction of sp³-hybridized carbons (Fsp3) is 0.600. The minimum atomic E-state index is -4.33. The molecule has 0 spiro atoms. The Morgan fingerprint density at radius 1 is 1.52 bits per heavy atom. The van der Waals surface area contributed by atoms with E-state index in [9.17, 15) is 18.3 Å². The van der Waals surface area contributed by atoms with Crippen LogP contribution in [0.1, 0.15) is 33.6 Å². The van der Waals surface area contributed by atoms with Gasteiger partial charge in [-0.1, -0.05) is 19.9 Å². The van der Waals surface area contributed by atoms with Gasteiger partial charge in [0.15, 0.2) is 0 Å². The highest BCUT2D eigenvalue weighted by Crippen LogP contribution is 2.38. The van der Waals surface area contributed by atoms with E-state index in [-0.39, 0.29) is 12.5 Å². The number of halogens is 3. The monoisotopic (exact) mass is 321 g/mol. The van der Waals surface area contributed by atoms with Crippen molar-refractivity contribution >= 4 is 11.8 Å². The van der Waals surface area contributed by atoms with Crippen LogP contribution >= 0.6 is 11.8 Å². The quantitative estimate of drug-likeness (QED) is 0.748. The molecule has 0 aliphatic heterocycles. The molecule has 6 heteroatoms. The maximum Gasteiger partial charge on any atom is 0.416 e. The molecule has 0 saturated heterocycles. The number of aliphatic hydroxyl groups excluding tert-OH is 1. The molecule has 0 fully saturated rings. The van der Waals surface area contributed by atoms with Crippen LogP contribution in [0, 0.1) is 5.92 Å². The Hall–Kier alpha value is -0.720. The first kappa shape index (κ1) is 18.3. The van der Waals surface area contributed by atoms with E-state index in [4.69, 9.17) is 5.73 Å². The third kappa shape index (κ3) is 4.90. The number of thioether (sulfide) groups is 1. The third-order valence-electron chi connectivity index (χ3n) is 3.54. The molecule has 0 heterocycles. The van der Waals surface area contributed by atoms with E-state index in [1.54, 1.807) is 6.92 Å². The minimum absolute atomic E-state index is 0.00820. The number of allylic oxidation sites excluding steroid dienone is 4. The number of alkyl halides is 3. The molecule has 2 atom stereocenters. The van der Waals surface area contributed by atoms with Gasteiger partial charge in [-0.2, -0.15) is 13.2 Å². The molecule has 0 aromatic heterocycles. The van der Waals surface area contributed by atoms with Crippen LogP contribution in [0.3, 0.4) is 0 Å². The molecule has 0 amide bonds. The largest absolute Gasteiger partial charge is 0.416 e. The number of nitrogens with two attached hydrogens (primary N) is 1. The van der Waals surface area contributed by atoms with E-state index in [1.165, 1.54) is 23.9 Å². The molecule has 0 radical (unpaired) electrons. The van der Waals surface area contributed by atoms with E-state index in [0.717, 1.165) is 10.5 Å². The van der Waals surface area contributed by atoms with E-state index < -0.39 is 17.1 Å². The predicted molar refractivity (Wildman–Crippen MR) is 81.6 cm³/mol. The van der Waals surface area contributed by atoms with E-state index in [0.29, 0.717) is 18.4 Å². The Balaban J connectivity index is 2.97. The maximum absolute atomic E-state index is 12.8. The van der Waals surface area contributed by atoms with Crippen LogP contribution in [0.15, 0.2) is 33.8 Å². The smallest absolute Gasteiger partial charge is 0.392 e. The van der Waals surface area contributed by atoms with Crippen LogP contribution in [0.5, 0.6) is 0 Å². The number of hydrogen-bond acceptors (Lipinski definition) is 3. The molecule has 0 aromatic carbocycles. The minimum Gasteiger partial charge on any atom is -0.392 e. The Labute approximate surface area is 128 Å². The first-order valence-corrected chi connectivity index (χ1v) is 7.79. The summed E-state index contributed by atoms with van der Waals surface area (Å²) < 4.78 is 38.4. The van der Waals surface area contributed by atoms with Gasteiger partial charge >= 0.3 is 6.18 Å². The second-order valence-electron chi connectivity index (χ2n) is 5.19. The van der Waals surface area contributed by atoms with Crippen molar-refractivity contribution in [3.63, 3.8) is 0 Å². The van der Waals surface area contributed by atoms with Crippen LogP contribution in [-0.4, -0.2) is 23.3 Å². The summed E-state index contributed by atoms with van der Waals surface area (Å²) >= 11 is 1.33. The summed E-state index contributed by atoms with van der Waals surface area (Å²) in [5, 5.41) is 8.65. The summed E-state index contributed by atoms with van der Waals surface area (Å²) in [5.41, 5.74) is 6.90. The lowest BCUT2D eigenvalue weighted by Gasteiger charge is -2.26. The zero-order valence-electron chi connectivity index (χ0n) is 12.5. The Morgan fingerprint density at radius 2 is 2.14 bits per heavy atom. The summed E-state index contributed by atoms with van der Waals surface area (Å²) in [5.74, 6) is -0.00820. The van der Waals surface area contributed by atoms with Crippen LogP contribution in [0.2, 0.25) is 0 Å². The highest BCUT2D eigenvalue weighted by molar-refractivity contribution is 8.03. The van der Waals surface area contributed by atoms with Gasteiger partial charge < -0.3 is 10.8 Å². The molecular weight excluding hydrogens is 299 g/mol. The van der Waals surface area contributed by atoms with Crippen molar-refractivity contribution in [2.45, 2.75) is 45.2 Å². The standard InChI is InChI=1S/C15H22F3NOS/c1-4-13(10(3)8-20)21-14(19)12-7-11(15(16,17)18)6-5-9(12)2/h6-7,9,14,20H,4-5,8,19H2,1-3H3/b13-10+. The highest BCUT2D eigenvalue weighted by Gasteiger charge is 2.35. The van der Waals surface area contributed by atoms with Crippen molar-refractivity contribution in [3.05, 3.63) is 33.8 Å². The summed E-state index contributed by atoms with van der Waals surface area (Å²) in [6.07, 6.45) is -0.887. The molecule has 1 rings (SSSR count). The lowest BCUT2D eigenvalue weighted by molar-refractivity contribution is -0.0888. The Bertz CT molecular complexity index is 466. The molecule has 0 bridgehead atoms. The molecule has 2 unspecified atom stereocenters. The van der Waals surface area contributed by atoms with Gasteiger partial charge in [0.05, 0.1) is 17.6 Å². The summed E-state index contributed by atoms with van der Waals surface area (Å²) in [6.45, 7) is 5.56. The normalized spacial score (nSPS) is 22.4. The number of aliphatic hydroxyl groups is 1. The van der Waals surface area contributed by atoms with Crippen LogP contribution < -0.4 is 5.73 Å². The zero-order valence-corrected chi connectivity index (χ0v) is 13.3. The number of hydrogen-bond donors (Lipinski definition) is 2. The Kier molecular flexibility index (Phi) is 6.56. The second kappa shape index (κ2) is 7.51. The van der Waals surface area contributed by atoms with Gasteiger partial charge in [-0.15, -0.1) is 11.8 Å². The zero-order chi connectivity index (χ0) is 16.2. The molecule has 1 aliphatic rings. The van der Waals surface area contributed by atoms with Crippen LogP contribution in [0.4, 0.5) is 13.2 Å². The predicted octanol–water partition coefficient (Wildman–Crippen LogP) is 4.14. The first-order chi connectivity index (χ1) is 9.70.